The second-order valence-electron chi connectivity index (χ2n) is 2.88. The second kappa shape index (κ2) is 5.32. The molecule has 0 aromatic rings. The third-order valence-electron chi connectivity index (χ3n) is 1.50. The SMILES string of the molecule is C=CC(C)CCCOS(C)(=O)=O. The lowest BCUT2D eigenvalue weighted by Crippen LogP contribution is -2.04. The van der Waals surface area contributed by atoms with Gasteiger partial charge in [0.2, 0.25) is 0 Å². The molecule has 1 unspecified atom stereocenters. The van der Waals surface area contributed by atoms with Crippen molar-refractivity contribution in [2.75, 3.05) is 12.9 Å². The first-order valence-electron chi connectivity index (χ1n) is 3.92. The molecule has 0 spiro atoms. The van der Waals surface area contributed by atoms with Crippen molar-refractivity contribution in [2.45, 2.75) is 19.8 Å². The Morgan fingerprint density at radius 2 is 2.17 bits per heavy atom. The van der Waals surface area contributed by atoms with Crippen molar-refractivity contribution < 1.29 is 12.6 Å². The monoisotopic (exact) mass is 192 g/mol. The summed E-state index contributed by atoms with van der Waals surface area (Å²) in [5.41, 5.74) is 0. The zero-order valence-corrected chi connectivity index (χ0v) is 8.43. The Labute approximate surface area is 74.6 Å². The maximum absolute atomic E-state index is 10.5. The van der Waals surface area contributed by atoms with Crippen LogP contribution < -0.4 is 0 Å². The van der Waals surface area contributed by atoms with E-state index in [2.05, 4.69) is 10.8 Å². The highest BCUT2D eigenvalue weighted by Gasteiger charge is 2.01. The van der Waals surface area contributed by atoms with Gasteiger partial charge in [-0.3, -0.25) is 4.18 Å². The van der Waals surface area contributed by atoms with Gasteiger partial charge in [-0.25, -0.2) is 0 Å². The van der Waals surface area contributed by atoms with E-state index in [1.807, 2.05) is 13.0 Å². The molecule has 0 saturated heterocycles. The number of allylic oxidation sites excluding steroid dienone is 1. The summed E-state index contributed by atoms with van der Waals surface area (Å²) in [5.74, 6) is 0.424. The van der Waals surface area contributed by atoms with Gasteiger partial charge in [-0.05, 0) is 18.8 Å². The Hall–Kier alpha value is -0.350. The molecule has 0 saturated carbocycles. The third-order valence-corrected chi connectivity index (χ3v) is 2.10. The molecule has 0 rings (SSSR count). The Bertz CT molecular complexity index is 218. The van der Waals surface area contributed by atoms with Gasteiger partial charge in [0.1, 0.15) is 0 Å². The van der Waals surface area contributed by atoms with E-state index in [-0.39, 0.29) is 6.61 Å². The highest BCUT2D eigenvalue weighted by Crippen LogP contribution is 2.06. The van der Waals surface area contributed by atoms with E-state index in [9.17, 15) is 8.42 Å². The zero-order valence-electron chi connectivity index (χ0n) is 7.62. The molecule has 4 heteroatoms. The molecule has 0 fully saturated rings. The summed E-state index contributed by atoms with van der Waals surface area (Å²) >= 11 is 0. The Balaban J connectivity index is 3.40. The predicted molar refractivity (Wildman–Crippen MR) is 49.4 cm³/mol. The second-order valence-corrected chi connectivity index (χ2v) is 4.53. The summed E-state index contributed by atoms with van der Waals surface area (Å²) in [6, 6.07) is 0. The Kier molecular flexibility index (Phi) is 5.17. The summed E-state index contributed by atoms with van der Waals surface area (Å²) in [7, 11) is -3.25. The molecule has 1 atom stereocenters. The van der Waals surface area contributed by atoms with Gasteiger partial charge in [-0.15, -0.1) is 6.58 Å². The van der Waals surface area contributed by atoms with Gasteiger partial charge in [0.05, 0.1) is 12.9 Å². The lowest BCUT2D eigenvalue weighted by molar-refractivity contribution is 0.306. The summed E-state index contributed by atoms with van der Waals surface area (Å²) in [6.07, 6.45) is 4.57. The molecule has 0 amide bonds. The van der Waals surface area contributed by atoms with Crippen molar-refractivity contribution in [1.82, 2.24) is 0 Å². The molecule has 0 N–H and O–H groups in total. The normalized spacial score (nSPS) is 14.2. The van der Waals surface area contributed by atoms with Crippen LogP contribution in [0.4, 0.5) is 0 Å². The van der Waals surface area contributed by atoms with Crippen LogP contribution in [0.15, 0.2) is 12.7 Å². The predicted octanol–water partition coefficient (Wildman–Crippen LogP) is 1.56. The van der Waals surface area contributed by atoms with E-state index in [0.717, 1.165) is 19.1 Å². The fourth-order valence-electron chi connectivity index (χ4n) is 0.733. The van der Waals surface area contributed by atoms with Crippen LogP contribution in [0, 0.1) is 5.92 Å². The molecule has 0 radical (unpaired) electrons. The first-order valence-corrected chi connectivity index (χ1v) is 5.74. The van der Waals surface area contributed by atoms with E-state index in [0.29, 0.717) is 5.92 Å². The molecule has 0 aliphatic rings. The van der Waals surface area contributed by atoms with Crippen LogP contribution in [-0.2, 0) is 14.3 Å². The topological polar surface area (TPSA) is 43.4 Å². The summed E-state index contributed by atoms with van der Waals surface area (Å²) in [4.78, 5) is 0. The number of rotatable bonds is 6. The van der Waals surface area contributed by atoms with Gasteiger partial charge < -0.3 is 0 Å². The largest absolute Gasteiger partial charge is 0.270 e. The summed E-state index contributed by atoms with van der Waals surface area (Å²) in [5, 5.41) is 0. The lowest BCUT2D eigenvalue weighted by Gasteiger charge is -2.04. The zero-order chi connectivity index (χ0) is 9.61. The van der Waals surface area contributed by atoms with Crippen molar-refractivity contribution in [1.29, 1.82) is 0 Å². The minimum absolute atomic E-state index is 0.275. The molecule has 0 aliphatic heterocycles. The molecule has 72 valence electrons. The van der Waals surface area contributed by atoms with Crippen LogP contribution in [0.2, 0.25) is 0 Å². The highest BCUT2D eigenvalue weighted by molar-refractivity contribution is 7.85. The summed E-state index contributed by atoms with van der Waals surface area (Å²) in [6.45, 7) is 5.94. The van der Waals surface area contributed by atoms with Crippen molar-refractivity contribution in [2.24, 2.45) is 5.92 Å². The van der Waals surface area contributed by atoms with Crippen molar-refractivity contribution >= 4 is 10.1 Å². The van der Waals surface area contributed by atoms with Crippen LogP contribution in [0.25, 0.3) is 0 Å². The molecule has 12 heavy (non-hydrogen) atoms. The standard InChI is InChI=1S/C8H16O3S/c1-4-8(2)6-5-7-11-12(3,9)10/h4,8H,1,5-7H2,2-3H3. The van der Waals surface area contributed by atoms with Crippen LogP contribution in [0.1, 0.15) is 19.8 Å². The quantitative estimate of drug-likeness (QED) is 0.364. The van der Waals surface area contributed by atoms with E-state index in [1.165, 1.54) is 0 Å². The number of hydrogen-bond acceptors (Lipinski definition) is 3. The highest BCUT2D eigenvalue weighted by atomic mass is 32.2. The maximum Gasteiger partial charge on any atom is 0.264 e. The molecule has 0 bridgehead atoms. The van der Waals surface area contributed by atoms with Crippen molar-refractivity contribution in [3.05, 3.63) is 12.7 Å². The Morgan fingerprint density at radius 1 is 1.58 bits per heavy atom. The van der Waals surface area contributed by atoms with Gasteiger partial charge in [0.25, 0.3) is 10.1 Å². The lowest BCUT2D eigenvalue weighted by atomic mass is 10.1. The first kappa shape index (κ1) is 11.6. The van der Waals surface area contributed by atoms with E-state index < -0.39 is 10.1 Å². The molecule has 0 heterocycles. The van der Waals surface area contributed by atoms with E-state index >= 15 is 0 Å². The van der Waals surface area contributed by atoms with Crippen LogP contribution in [0.5, 0.6) is 0 Å². The molecule has 0 aromatic carbocycles. The van der Waals surface area contributed by atoms with Gasteiger partial charge in [-0.2, -0.15) is 8.42 Å². The minimum atomic E-state index is -3.25. The molecule has 3 nitrogen and oxygen atoms in total. The van der Waals surface area contributed by atoms with Gasteiger partial charge in [0, 0.05) is 0 Å². The molecule has 0 aromatic heterocycles. The van der Waals surface area contributed by atoms with Gasteiger partial charge >= 0.3 is 0 Å². The fraction of sp³-hybridized carbons (Fsp3) is 0.750. The van der Waals surface area contributed by atoms with Crippen LogP contribution in [-0.4, -0.2) is 21.3 Å². The minimum Gasteiger partial charge on any atom is -0.270 e. The average molecular weight is 192 g/mol. The molecular weight excluding hydrogens is 176 g/mol. The van der Waals surface area contributed by atoms with E-state index in [4.69, 9.17) is 0 Å². The maximum atomic E-state index is 10.5. The van der Waals surface area contributed by atoms with Crippen LogP contribution >= 0.6 is 0 Å². The molecule has 0 aliphatic carbocycles. The van der Waals surface area contributed by atoms with Crippen LogP contribution in [0.3, 0.4) is 0 Å². The summed E-state index contributed by atoms with van der Waals surface area (Å²) < 4.78 is 25.6. The van der Waals surface area contributed by atoms with E-state index in [1.54, 1.807) is 0 Å². The third kappa shape index (κ3) is 7.75. The Morgan fingerprint density at radius 3 is 2.58 bits per heavy atom. The van der Waals surface area contributed by atoms with Gasteiger partial charge in [0.15, 0.2) is 0 Å². The van der Waals surface area contributed by atoms with Crippen molar-refractivity contribution in [3.8, 4) is 0 Å². The number of hydrogen-bond donors (Lipinski definition) is 0. The smallest absolute Gasteiger partial charge is 0.264 e. The first-order chi connectivity index (χ1) is 5.45. The molecular formula is C8H16O3S. The van der Waals surface area contributed by atoms with Gasteiger partial charge in [-0.1, -0.05) is 13.0 Å². The average Bonchev–Trinajstić information content (AvgIpc) is 1.96. The van der Waals surface area contributed by atoms with Crippen molar-refractivity contribution in [3.63, 3.8) is 0 Å². The fourth-order valence-corrected chi connectivity index (χ4v) is 1.15.